The van der Waals surface area contributed by atoms with E-state index in [0.29, 0.717) is 6.54 Å². The Morgan fingerprint density at radius 3 is 2.38 bits per heavy atom. The monoisotopic (exact) mass is 214 g/mol. The van der Waals surface area contributed by atoms with Crippen LogP contribution in [0.25, 0.3) is 11.3 Å². The van der Waals surface area contributed by atoms with Crippen LogP contribution in [0, 0.1) is 0 Å². The highest BCUT2D eigenvalue weighted by molar-refractivity contribution is 5.59. The molecule has 0 aliphatic carbocycles. The minimum absolute atomic E-state index is 0.00697. The molecule has 0 aliphatic heterocycles. The summed E-state index contributed by atoms with van der Waals surface area (Å²) < 4.78 is 0. The molecule has 0 saturated carbocycles. The molecule has 0 unspecified atom stereocenters. The standard InChI is InChI=1S/C14H18N2/c1-14(2,10-15)13-9-8-12(16-13)11-6-4-3-5-7-11/h3-9,16H,10,15H2,1-2H3. The van der Waals surface area contributed by atoms with Gasteiger partial charge in [-0.25, -0.2) is 0 Å². The van der Waals surface area contributed by atoms with E-state index in [1.807, 2.05) is 18.2 Å². The molecule has 2 nitrogen and oxygen atoms in total. The van der Waals surface area contributed by atoms with Crippen LogP contribution < -0.4 is 5.73 Å². The first kappa shape index (κ1) is 11.0. The fraction of sp³-hybridized carbons (Fsp3) is 0.286. The second-order valence-electron chi connectivity index (χ2n) is 4.74. The number of nitrogens with two attached hydrogens (primary N) is 1. The van der Waals surface area contributed by atoms with Gasteiger partial charge in [0.1, 0.15) is 0 Å². The van der Waals surface area contributed by atoms with Crippen LogP contribution in [0.5, 0.6) is 0 Å². The zero-order valence-corrected chi connectivity index (χ0v) is 9.83. The predicted molar refractivity (Wildman–Crippen MR) is 68.3 cm³/mol. The molecular formula is C14H18N2. The van der Waals surface area contributed by atoms with Gasteiger partial charge in [-0.3, -0.25) is 0 Å². The first-order valence-corrected chi connectivity index (χ1v) is 5.58. The summed E-state index contributed by atoms with van der Waals surface area (Å²) in [5.41, 5.74) is 9.32. The van der Waals surface area contributed by atoms with Gasteiger partial charge in [0.05, 0.1) is 0 Å². The molecule has 0 radical (unpaired) electrons. The highest BCUT2D eigenvalue weighted by atomic mass is 14.8. The van der Waals surface area contributed by atoms with Crippen molar-refractivity contribution in [3.8, 4) is 11.3 Å². The maximum absolute atomic E-state index is 5.77. The Kier molecular flexibility index (Phi) is 2.84. The van der Waals surface area contributed by atoms with Crippen LogP contribution in [0.2, 0.25) is 0 Å². The Morgan fingerprint density at radius 2 is 1.75 bits per heavy atom. The van der Waals surface area contributed by atoms with Gasteiger partial charge < -0.3 is 10.7 Å². The molecule has 0 spiro atoms. The molecule has 0 amide bonds. The van der Waals surface area contributed by atoms with Gasteiger partial charge >= 0.3 is 0 Å². The van der Waals surface area contributed by atoms with Crippen LogP contribution >= 0.6 is 0 Å². The third kappa shape index (κ3) is 2.02. The van der Waals surface area contributed by atoms with E-state index in [4.69, 9.17) is 5.73 Å². The lowest BCUT2D eigenvalue weighted by Crippen LogP contribution is -2.28. The topological polar surface area (TPSA) is 41.8 Å². The number of hydrogen-bond acceptors (Lipinski definition) is 1. The summed E-state index contributed by atoms with van der Waals surface area (Å²) in [6.07, 6.45) is 0. The summed E-state index contributed by atoms with van der Waals surface area (Å²) >= 11 is 0. The Labute approximate surface area is 96.5 Å². The largest absolute Gasteiger partial charge is 0.358 e. The molecule has 0 aliphatic rings. The lowest BCUT2D eigenvalue weighted by atomic mass is 9.90. The van der Waals surface area contributed by atoms with Gasteiger partial charge in [0.25, 0.3) is 0 Å². The smallest absolute Gasteiger partial charge is 0.0456 e. The minimum Gasteiger partial charge on any atom is -0.358 e. The maximum Gasteiger partial charge on any atom is 0.0456 e. The van der Waals surface area contributed by atoms with Crippen LogP contribution in [0.15, 0.2) is 42.5 Å². The van der Waals surface area contributed by atoms with Crippen LogP contribution in [0.4, 0.5) is 0 Å². The molecule has 0 fully saturated rings. The van der Waals surface area contributed by atoms with Crippen LogP contribution in [-0.4, -0.2) is 11.5 Å². The quantitative estimate of drug-likeness (QED) is 0.810. The van der Waals surface area contributed by atoms with Gasteiger partial charge in [0.2, 0.25) is 0 Å². The minimum atomic E-state index is 0.00697. The molecule has 16 heavy (non-hydrogen) atoms. The van der Waals surface area contributed by atoms with Crippen molar-refractivity contribution in [1.82, 2.24) is 4.98 Å². The molecule has 1 aromatic carbocycles. The van der Waals surface area contributed by atoms with E-state index in [-0.39, 0.29) is 5.41 Å². The van der Waals surface area contributed by atoms with Crippen LogP contribution in [0.3, 0.4) is 0 Å². The summed E-state index contributed by atoms with van der Waals surface area (Å²) in [6, 6.07) is 14.6. The van der Waals surface area contributed by atoms with Crippen molar-refractivity contribution in [2.75, 3.05) is 6.54 Å². The van der Waals surface area contributed by atoms with E-state index in [1.165, 1.54) is 11.3 Å². The van der Waals surface area contributed by atoms with E-state index in [1.54, 1.807) is 0 Å². The normalized spacial score (nSPS) is 11.7. The van der Waals surface area contributed by atoms with Crippen molar-refractivity contribution >= 4 is 0 Å². The highest BCUT2D eigenvalue weighted by Gasteiger charge is 2.20. The zero-order chi connectivity index (χ0) is 11.6. The van der Waals surface area contributed by atoms with E-state index < -0.39 is 0 Å². The van der Waals surface area contributed by atoms with Crippen molar-refractivity contribution in [2.45, 2.75) is 19.3 Å². The van der Waals surface area contributed by atoms with Crippen LogP contribution in [0.1, 0.15) is 19.5 Å². The number of benzene rings is 1. The van der Waals surface area contributed by atoms with Gasteiger partial charge in [-0.1, -0.05) is 44.2 Å². The molecule has 0 saturated heterocycles. The summed E-state index contributed by atoms with van der Waals surface area (Å²) in [7, 11) is 0. The first-order chi connectivity index (χ1) is 7.63. The van der Waals surface area contributed by atoms with E-state index >= 15 is 0 Å². The number of hydrogen-bond donors (Lipinski definition) is 2. The average molecular weight is 214 g/mol. The number of rotatable bonds is 3. The second-order valence-corrected chi connectivity index (χ2v) is 4.74. The summed E-state index contributed by atoms with van der Waals surface area (Å²) in [6.45, 7) is 4.93. The molecule has 84 valence electrons. The van der Waals surface area contributed by atoms with Crippen LogP contribution in [-0.2, 0) is 5.41 Å². The summed E-state index contributed by atoms with van der Waals surface area (Å²) in [5.74, 6) is 0. The van der Waals surface area contributed by atoms with Crippen molar-refractivity contribution in [3.05, 3.63) is 48.2 Å². The van der Waals surface area contributed by atoms with E-state index in [0.717, 1.165) is 5.69 Å². The fourth-order valence-electron chi connectivity index (χ4n) is 1.69. The number of aromatic nitrogens is 1. The average Bonchev–Trinajstić information content (AvgIpc) is 2.80. The van der Waals surface area contributed by atoms with Crippen molar-refractivity contribution < 1.29 is 0 Å². The molecule has 2 aromatic rings. The Hall–Kier alpha value is -1.54. The van der Waals surface area contributed by atoms with Crippen molar-refractivity contribution in [3.63, 3.8) is 0 Å². The summed E-state index contributed by atoms with van der Waals surface area (Å²) in [5, 5.41) is 0. The third-order valence-corrected chi connectivity index (χ3v) is 3.01. The lowest BCUT2D eigenvalue weighted by molar-refractivity contribution is 0.525. The Morgan fingerprint density at radius 1 is 1.06 bits per heavy atom. The highest BCUT2D eigenvalue weighted by Crippen LogP contribution is 2.25. The molecule has 1 heterocycles. The van der Waals surface area contributed by atoms with Crippen molar-refractivity contribution in [2.24, 2.45) is 5.73 Å². The Balaban J connectivity index is 2.34. The first-order valence-electron chi connectivity index (χ1n) is 5.58. The molecule has 0 atom stereocenters. The number of nitrogens with one attached hydrogen (secondary N) is 1. The number of H-pyrrole nitrogens is 1. The lowest BCUT2D eigenvalue weighted by Gasteiger charge is -2.20. The Bertz CT molecular complexity index is 455. The van der Waals surface area contributed by atoms with Crippen molar-refractivity contribution in [1.29, 1.82) is 0 Å². The van der Waals surface area contributed by atoms with Gasteiger partial charge in [-0.15, -0.1) is 0 Å². The van der Waals surface area contributed by atoms with Gasteiger partial charge in [0, 0.05) is 23.3 Å². The van der Waals surface area contributed by atoms with Gasteiger partial charge in [-0.2, -0.15) is 0 Å². The van der Waals surface area contributed by atoms with E-state index in [9.17, 15) is 0 Å². The van der Waals surface area contributed by atoms with Gasteiger partial charge in [0.15, 0.2) is 0 Å². The summed E-state index contributed by atoms with van der Waals surface area (Å²) in [4.78, 5) is 3.44. The molecule has 3 N–H and O–H groups in total. The molecule has 2 rings (SSSR count). The third-order valence-electron chi connectivity index (χ3n) is 3.01. The fourth-order valence-corrected chi connectivity index (χ4v) is 1.69. The SMILES string of the molecule is CC(C)(CN)c1ccc(-c2ccccc2)[nH]1. The zero-order valence-electron chi connectivity index (χ0n) is 9.83. The molecular weight excluding hydrogens is 196 g/mol. The maximum atomic E-state index is 5.77. The predicted octanol–water partition coefficient (Wildman–Crippen LogP) is 2.92. The second kappa shape index (κ2) is 4.14. The van der Waals surface area contributed by atoms with E-state index in [2.05, 4.69) is 43.1 Å². The van der Waals surface area contributed by atoms with Gasteiger partial charge in [-0.05, 0) is 17.7 Å². The number of aromatic amines is 1. The molecule has 1 aromatic heterocycles. The molecule has 0 bridgehead atoms. The molecule has 2 heteroatoms.